The maximum absolute atomic E-state index is 13.7. The van der Waals surface area contributed by atoms with Crippen LogP contribution in [0.25, 0.3) is 0 Å². The first-order valence-corrected chi connectivity index (χ1v) is 6.20. The van der Waals surface area contributed by atoms with Crippen molar-refractivity contribution in [2.24, 2.45) is 0 Å². The van der Waals surface area contributed by atoms with E-state index in [0.29, 0.717) is 0 Å². The Morgan fingerprint density at radius 2 is 2.20 bits per heavy atom. The molecule has 0 N–H and O–H groups in total. The summed E-state index contributed by atoms with van der Waals surface area (Å²) in [6, 6.07) is 4.13. The standard InChI is InChI=1S/C14H16F2N2O2/c1-3-20-14(19)6-7-18(2)13(9-17)11-5-4-10(15)8-12(11)16/h4-5,8,13H,3,6-7H2,1-2H3. The van der Waals surface area contributed by atoms with Gasteiger partial charge in [0.05, 0.1) is 19.1 Å². The molecule has 6 heteroatoms. The molecule has 0 saturated carbocycles. The summed E-state index contributed by atoms with van der Waals surface area (Å²) < 4.78 is 31.3. The molecule has 0 bridgehead atoms. The Balaban J connectivity index is 2.75. The van der Waals surface area contributed by atoms with Gasteiger partial charge in [-0.25, -0.2) is 8.78 Å². The van der Waals surface area contributed by atoms with Crippen LogP contribution in [0.1, 0.15) is 24.9 Å². The number of hydrogen-bond donors (Lipinski definition) is 0. The zero-order chi connectivity index (χ0) is 15.1. The second kappa shape index (κ2) is 7.56. The molecule has 1 rings (SSSR count). The monoisotopic (exact) mass is 282 g/mol. The third-order valence-corrected chi connectivity index (χ3v) is 2.79. The molecule has 1 aromatic carbocycles. The van der Waals surface area contributed by atoms with Crippen LogP contribution < -0.4 is 0 Å². The van der Waals surface area contributed by atoms with Crippen molar-refractivity contribution >= 4 is 5.97 Å². The predicted molar refractivity (Wildman–Crippen MR) is 68.6 cm³/mol. The molecule has 20 heavy (non-hydrogen) atoms. The molecule has 0 amide bonds. The van der Waals surface area contributed by atoms with Crippen LogP contribution in [0, 0.1) is 23.0 Å². The van der Waals surface area contributed by atoms with E-state index >= 15 is 0 Å². The molecule has 0 spiro atoms. The highest BCUT2D eigenvalue weighted by Gasteiger charge is 2.21. The maximum Gasteiger partial charge on any atom is 0.307 e. The number of benzene rings is 1. The molecule has 0 aliphatic heterocycles. The second-order valence-corrected chi connectivity index (χ2v) is 4.23. The number of hydrogen-bond acceptors (Lipinski definition) is 4. The Morgan fingerprint density at radius 1 is 1.50 bits per heavy atom. The van der Waals surface area contributed by atoms with E-state index in [1.807, 2.05) is 6.07 Å². The Bertz CT molecular complexity index is 514. The largest absolute Gasteiger partial charge is 0.466 e. The smallest absolute Gasteiger partial charge is 0.307 e. The number of esters is 1. The van der Waals surface area contributed by atoms with Crippen LogP contribution in [-0.2, 0) is 9.53 Å². The van der Waals surface area contributed by atoms with Crippen LogP contribution in [0.5, 0.6) is 0 Å². The number of carbonyl (C=O) groups is 1. The van der Waals surface area contributed by atoms with Crippen LogP contribution in [-0.4, -0.2) is 31.1 Å². The summed E-state index contributed by atoms with van der Waals surface area (Å²) in [6.07, 6.45) is 0.103. The molecule has 1 unspecified atom stereocenters. The van der Waals surface area contributed by atoms with Crippen LogP contribution in [0.4, 0.5) is 8.78 Å². The Morgan fingerprint density at radius 3 is 2.75 bits per heavy atom. The lowest BCUT2D eigenvalue weighted by Crippen LogP contribution is -2.27. The van der Waals surface area contributed by atoms with Gasteiger partial charge in [-0.1, -0.05) is 6.07 Å². The van der Waals surface area contributed by atoms with Crippen molar-refractivity contribution in [3.8, 4) is 6.07 Å². The first-order valence-electron chi connectivity index (χ1n) is 6.20. The summed E-state index contributed by atoms with van der Waals surface area (Å²) in [7, 11) is 1.59. The summed E-state index contributed by atoms with van der Waals surface area (Å²) in [5.74, 6) is -1.85. The molecule has 4 nitrogen and oxygen atoms in total. The quantitative estimate of drug-likeness (QED) is 0.752. The molecule has 0 aliphatic rings. The number of nitrogens with zero attached hydrogens (tertiary/aromatic N) is 2. The molecule has 1 aromatic rings. The van der Waals surface area contributed by atoms with Gasteiger partial charge in [-0.2, -0.15) is 5.26 Å². The van der Waals surface area contributed by atoms with Crippen molar-refractivity contribution in [3.05, 3.63) is 35.4 Å². The third-order valence-electron chi connectivity index (χ3n) is 2.79. The number of ether oxygens (including phenoxy) is 1. The summed E-state index contributed by atoms with van der Waals surface area (Å²) in [5.41, 5.74) is 0.0836. The van der Waals surface area contributed by atoms with Crippen LogP contribution in [0.2, 0.25) is 0 Å². The fourth-order valence-electron chi connectivity index (χ4n) is 1.76. The van der Waals surface area contributed by atoms with Crippen molar-refractivity contribution in [1.29, 1.82) is 5.26 Å². The summed E-state index contributed by atoms with van der Waals surface area (Å²) in [5, 5.41) is 9.14. The van der Waals surface area contributed by atoms with E-state index in [-0.39, 0.29) is 31.1 Å². The van der Waals surface area contributed by atoms with E-state index in [4.69, 9.17) is 10.00 Å². The number of nitriles is 1. The molecule has 108 valence electrons. The van der Waals surface area contributed by atoms with Crippen molar-refractivity contribution in [1.82, 2.24) is 4.90 Å². The lowest BCUT2D eigenvalue weighted by Gasteiger charge is -2.22. The van der Waals surface area contributed by atoms with Gasteiger partial charge in [0.2, 0.25) is 0 Å². The van der Waals surface area contributed by atoms with E-state index in [0.717, 1.165) is 12.1 Å². The summed E-state index contributed by atoms with van der Waals surface area (Å²) in [4.78, 5) is 12.8. The van der Waals surface area contributed by atoms with E-state index in [9.17, 15) is 13.6 Å². The van der Waals surface area contributed by atoms with Gasteiger partial charge < -0.3 is 4.74 Å². The number of rotatable bonds is 6. The van der Waals surface area contributed by atoms with E-state index < -0.39 is 17.7 Å². The molecular weight excluding hydrogens is 266 g/mol. The minimum Gasteiger partial charge on any atom is -0.466 e. The predicted octanol–water partition coefficient (Wildman–Crippen LogP) is 2.41. The second-order valence-electron chi connectivity index (χ2n) is 4.23. The van der Waals surface area contributed by atoms with Gasteiger partial charge >= 0.3 is 5.97 Å². The minimum atomic E-state index is -0.884. The minimum absolute atomic E-state index is 0.0836. The molecule has 0 saturated heterocycles. The fourth-order valence-corrected chi connectivity index (χ4v) is 1.76. The molecule has 0 radical (unpaired) electrons. The van der Waals surface area contributed by atoms with Gasteiger partial charge in [0.15, 0.2) is 0 Å². The third kappa shape index (κ3) is 4.28. The molecule has 0 heterocycles. The van der Waals surface area contributed by atoms with Crippen LogP contribution in [0.15, 0.2) is 18.2 Å². The van der Waals surface area contributed by atoms with Crippen molar-refractivity contribution in [2.45, 2.75) is 19.4 Å². The van der Waals surface area contributed by atoms with Gasteiger partial charge in [0.25, 0.3) is 0 Å². The van der Waals surface area contributed by atoms with Crippen molar-refractivity contribution < 1.29 is 18.3 Å². The van der Waals surface area contributed by atoms with Crippen LogP contribution in [0.3, 0.4) is 0 Å². The SMILES string of the molecule is CCOC(=O)CCN(C)C(C#N)c1ccc(F)cc1F. The average Bonchev–Trinajstić information content (AvgIpc) is 2.40. The molecular formula is C14H16F2N2O2. The highest BCUT2D eigenvalue weighted by atomic mass is 19.1. The van der Waals surface area contributed by atoms with E-state index in [1.54, 1.807) is 14.0 Å². The Hall–Kier alpha value is -2.00. The van der Waals surface area contributed by atoms with Gasteiger partial charge in [0.1, 0.15) is 17.7 Å². The summed E-state index contributed by atoms with van der Waals surface area (Å²) in [6.45, 7) is 2.23. The lowest BCUT2D eigenvalue weighted by molar-refractivity contribution is -0.143. The van der Waals surface area contributed by atoms with E-state index in [1.165, 1.54) is 11.0 Å². The zero-order valence-corrected chi connectivity index (χ0v) is 11.4. The summed E-state index contributed by atoms with van der Waals surface area (Å²) >= 11 is 0. The highest BCUT2D eigenvalue weighted by Crippen LogP contribution is 2.22. The maximum atomic E-state index is 13.7. The Kier molecular flexibility index (Phi) is 6.07. The van der Waals surface area contributed by atoms with Crippen LogP contribution >= 0.6 is 0 Å². The zero-order valence-electron chi connectivity index (χ0n) is 11.4. The lowest BCUT2D eigenvalue weighted by atomic mass is 10.1. The van der Waals surface area contributed by atoms with Gasteiger partial charge in [-0.3, -0.25) is 9.69 Å². The molecule has 0 aromatic heterocycles. The van der Waals surface area contributed by atoms with Gasteiger partial charge in [-0.05, 0) is 20.0 Å². The Labute approximate surface area is 116 Å². The average molecular weight is 282 g/mol. The topological polar surface area (TPSA) is 53.3 Å². The van der Waals surface area contributed by atoms with Crippen molar-refractivity contribution in [3.63, 3.8) is 0 Å². The molecule has 1 atom stereocenters. The molecule has 0 fully saturated rings. The fraction of sp³-hybridized carbons (Fsp3) is 0.429. The first-order chi connectivity index (χ1) is 9.49. The van der Waals surface area contributed by atoms with Gasteiger partial charge in [-0.15, -0.1) is 0 Å². The van der Waals surface area contributed by atoms with E-state index in [2.05, 4.69) is 0 Å². The number of carbonyl (C=O) groups excluding carboxylic acids is 1. The highest BCUT2D eigenvalue weighted by molar-refractivity contribution is 5.69. The molecule has 0 aliphatic carbocycles. The normalized spacial score (nSPS) is 12.0. The van der Waals surface area contributed by atoms with Gasteiger partial charge in [0, 0.05) is 18.2 Å². The first kappa shape index (κ1) is 16.1. The number of halogens is 2. The van der Waals surface area contributed by atoms with Crippen molar-refractivity contribution in [2.75, 3.05) is 20.2 Å².